The average Bonchev–Trinajstić information content (AvgIpc) is 2.76. The smallest absolute Gasteiger partial charge is 0.201 e. The maximum atomic E-state index is 13.4. The van der Waals surface area contributed by atoms with Crippen LogP contribution < -0.4 is 5.73 Å². The first-order valence-corrected chi connectivity index (χ1v) is 6.18. The van der Waals surface area contributed by atoms with E-state index < -0.39 is 11.6 Å². The molecule has 21 heavy (non-hydrogen) atoms. The lowest BCUT2D eigenvalue weighted by atomic mass is 10.1. The van der Waals surface area contributed by atoms with Crippen molar-refractivity contribution >= 4 is 17.0 Å². The van der Waals surface area contributed by atoms with Crippen molar-refractivity contribution < 1.29 is 8.78 Å². The number of imidazole rings is 1. The summed E-state index contributed by atoms with van der Waals surface area (Å²) in [5, 5.41) is 8.90. The summed E-state index contributed by atoms with van der Waals surface area (Å²) in [4.78, 5) is 4.02. The van der Waals surface area contributed by atoms with Crippen molar-refractivity contribution in [2.24, 2.45) is 0 Å². The Labute approximate surface area is 119 Å². The summed E-state index contributed by atoms with van der Waals surface area (Å²) >= 11 is 0. The first-order valence-electron chi connectivity index (χ1n) is 6.18. The minimum atomic E-state index is -0.960. The first-order chi connectivity index (χ1) is 10.1. The van der Waals surface area contributed by atoms with Crippen LogP contribution in [0.15, 0.2) is 36.4 Å². The number of hydrogen-bond donors (Lipinski definition) is 1. The van der Waals surface area contributed by atoms with Crippen LogP contribution >= 0.6 is 0 Å². The molecule has 6 heteroatoms. The van der Waals surface area contributed by atoms with Gasteiger partial charge in [0.15, 0.2) is 11.6 Å². The third-order valence-corrected chi connectivity index (χ3v) is 3.22. The average molecular weight is 284 g/mol. The van der Waals surface area contributed by atoms with Crippen LogP contribution in [0.4, 0.5) is 14.7 Å². The van der Waals surface area contributed by atoms with Crippen LogP contribution in [0.5, 0.6) is 0 Å². The van der Waals surface area contributed by atoms with Crippen LogP contribution in [-0.2, 0) is 6.54 Å². The number of nitrogen functional groups attached to an aromatic ring is 1. The summed E-state index contributed by atoms with van der Waals surface area (Å²) in [6.45, 7) is 0.322. The van der Waals surface area contributed by atoms with Crippen LogP contribution in [0.3, 0.4) is 0 Å². The van der Waals surface area contributed by atoms with Gasteiger partial charge in [-0.25, -0.2) is 13.8 Å². The lowest BCUT2D eigenvalue weighted by Crippen LogP contribution is -2.05. The zero-order chi connectivity index (χ0) is 15.0. The lowest BCUT2D eigenvalue weighted by Gasteiger charge is -2.07. The molecular formula is C15H10F2N4. The van der Waals surface area contributed by atoms with E-state index in [4.69, 9.17) is 11.0 Å². The molecule has 0 radical (unpaired) electrons. The highest BCUT2D eigenvalue weighted by Gasteiger charge is 2.13. The number of nitrogens with zero attached hydrogens (tertiary/aromatic N) is 3. The Hall–Kier alpha value is -2.94. The largest absolute Gasteiger partial charge is 0.369 e. The molecule has 1 aromatic heterocycles. The molecule has 0 aliphatic heterocycles. The van der Waals surface area contributed by atoms with Crippen LogP contribution in [0.2, 0.25) is 0 Å². The van der Waals surface area contributed by atoms with Gasteiger partial charge in [-0.3, -0.25) is 0 Å². The summed E-state index contributed by atoms with van der Waals surface area (Å²) in [5.41, 5.74) is 7.86. The van der Waals surface area contributed by atoms with E-state index >= 15 is 0 Å². The van der Waals surface area contributed by atoms with Gasteiger partial charge < -0.3 is 10.3 Å². The number of fused-ring (bicyclic) bond motifs is 1. The normalized spacial score (nSPS) is 10.7. The molecule has 3 rings (SSSR count). The topological polar surface area (TPSA) is 67.6 Å². The molecular weight excluding hydrogens is 274 g/mol. The van der Waals surface area contributed by atoms with Gasteiger partial charge in [-0.2, -0.15) is 5.26 Å². The van der Waals surface area contributed by atoms with E-state index in [-0.39, 0.29) is 5.95 Å². The Kier molecular flexibility index (Phi) is 3.03. The van der Waals surface area contributed by atoms with E-state index in [1.165, 1.54) is 0 Å². The monoisotopic (exact) mass is 284 g/mol. The molecule has 0 amide bonds. The van der Waals surface area contributed by atoms with E-state index in [2.05, 4.69) is 4.98 Å². The van der Waals surface area contributed by atoms with E-state index in [0.29, 0.717) is 23.1 Å². The van der Waals surface area contributed by atoms with Gasteiger partial charge in [-0.05, 0) is 17.7 Å². The minimum absolute atomic E-state index is 0.164. The number of hydrogen-bond acceptors (Lipinski definition) is 3. The predicted molar refractivity (Wildman–Crippen MR) is 74.3 cm³/mol. The molecule has 0 aliphatic rings. The minimum Gasteiger partial charge on any atom is -0.369 e. The number of anilines is 1. The Morgan fingerprint density at radius 2 is 1.95 bits per heavy atom. The van der Waals surface area contributed by atoms with Gasteiger partial charge >= 0.3 is 0 Å². The van der Waals surface area contributed by atoms with Crippen LogP contribution in [-0.4, -0.2) is 9.55 Å². The molecule has 0 fully saturated rings. The summed E-state index contributed by atoms with van der Waals surface area (Å²) in [5.74, 6) is -1.74. The standard InChI is InChI=1S/C15H10F2N4/c16-11-5-13-14(6-12(11)17)21(15(19)20-13)8-10-3-1-2-9(4-10)7-18/h1-6H,8H2,(H2,19,20). The number of nitriles is 1. The third-order valence-electron chi connectivity index (χ3n) is 3.22. The molecule has 0 saturated heterocycles. The van der Waals surface area contributed by atoms with Crippen LogP contribution in [0.1, 0.15) is 11.1 Å². The van der Waals surface area contributed by atoms with E-state index in [1.54, 1.807) is 22.8 Å². The number of nitrogens with two attached hydrogens (primary N) is 1. The van der Waals surface area contributed by atoms with Gasteiger partial charge in [0, 0.05) is 12.1 Å². The van der Waals surface area contributed by atoms with Crippen LogP contribution in [0, 0.1) is 23.0 Å². The SMILES string of the molecule is N#Cc1cccc(Cn2c(N)nc3cc(F)c(F)cc32)c1. The number of halogens is 2. The van der Waals surface area contributed by atoms with E-state index in [9.17, 15) is 8.78 Å². The van der Waals surface area contributed by atoms with Gasteiger partial charge in [-0.15, -0.1) is 0 Å². The molecule has 2 aromatic carbocycles. The van der Waals surface area contributed by atoms with Crippen molar-refractivity contribution in [3.8, 4) is 6.07 Å². The number of benzene rings is 2. The van der Waals surface area contributed by atoms with Crippen molar-refractivity contribution in [1.29, 1.82) is 5.26 Å². The van der Waals surface area contributed by atoms with Gasteiger partial charge in [0.2, 0.25) is 5.95 Å². The second-order valence-corrected chi connectivity index (χ2v) is 4.62. The molecule has 0 bridgehead atoms. The van der Waals surface area contributed by atoms with Crippen LogP contribution in [0.25, 0.3) is 11.0 Å². The van der Waals surface area contributed by atoms with Crippen molar-refractivity contribution in [1.82, 2.24) is 9.55 Å². The molecule has 0 atom stereocenters. The van der Waals surface area contributed by atoms with E-state index in [1.807, 2.05) is 12.1 Å². The van der Waals surface area contributed by atoms with Gasteiger partial charge in [0.25, 0.3) is 0 Å². The molecule has 0 saturated carbocycles. The Bertz CT molecular complexity index is 877. The number of rotatable bonds is 2. The molecule has 2 N–H and O–H groups in total. The molecule has 3 aromatic rings. The number of aromatic nitrogens is 2. The fourth-order valence-corrected chi connectivity index (χ4v) is 2.23. The van der Waals surface area contributed by atoms with Crippen molar-refractivity contribution in [2.75, 3.05) is 5.73 Å². The Morgan fingerprint density at radius 3 is 2.71 bits per heavy atom. The molecule has 1 heterocycles. The fourth-order valence-electron chi connectivity index (χ4n) is 2.23. The van der Waals surface area contributed by atoms with Crippen molar-refractivity contribution in [3.63, 3.8) is 0 Å². The summed E-state index contributed by atoms with van der Waals surface area (Å²) in [6.07, 6.45) is 0. The molecule has 0 aliphatic carbocycles. The summed E-state index contributed by atoms with van der Waals surface area (Å²) in [6, 6.07) is 11.1. The first kappa shape index (κ1) is 13.1. The van der Waals surface area contributed by atoms with E-state index in [0.717, 1.165) is 17.7 Å². The Morgan fingerprint density at radius 1 is 1.19 bits per heavy atom. The highest BCUT2D eigenvalue weighted by atomic mass is 19.2. The molecule has 4 nitrogen and oxygen atoms in total. The van der Waals surface area contributed by atoms with Gasteiger partial charge in [0.1, 0.15) is 0 Å². The summed E-state index contributed by atoms with van der Waals surface area (Å²) < 4.78 is 28.2. The third kappa shape index (κ3) is 2.30. The zero-order valence-electron chi connectivity index (χ0n) is 10.8. The van der Waals surface area contributed by atoms with Crippen molar-refractivity contribution in [3.05, 3.63) is 59.2 Å². The summed E-state index contributed by atoms with van der Waals surface area (Å²) in [7, 11) is 0. The zero-order valence-corrected chi connectivity index (χ0v) is 10.8. The van der Waals surface area contributed by atoms with Gasteiger partial charge in [0.05, 0.1) is 29.2 Å². The van der Waals surface area contributed by atoms with Gasteiger partial charge in [-0.1, -0.05) is 12.1 Å². The maximum Gasteiger partial charge on any atom is 0.201 e. The maximum absolute atomic E-state index is 13.4. The van der Waals surface area contributed by atoms with Crippen molar-refractivity contribution in [2.45, 2.75) is 6.54 Å². The molecule has 104 valence electrons. The quantitative estimate of drug-likeness (QED) is 0.786. The highest BCUT2D eigenvalue weighted by Crippen LogP contribution is 2.22. The Balaban J connectivity index is 2.10. The lowest BCUT2D eigenvalue weighted by molar-refractivity contribution is 0.510. The molecule has 0 unspecified atom stereocenters. The fraction of sp³-hybridized carbons (Fsp3) is 0.0667. The second-order valence-electron chi connectivity index (χ2n) is 4.62. The highest BCUT2D eigenvalue weighted by molar-refractivity contribution is 5.78. The molecule has 0 spiro atoms. The predicted octanol–water partition coefficient (Wildman–Crippen LogP) is 2.82. The second kappa shape index (κ2) is 4.87.